The lowest BCUT2D eigenvalue weighted by atomic mass is 10.0. The van der Waals surface area contributed by atoms with E-state index in [2.05, 4.69) is 25.3 Å². The van der Waals surface area contributed by atoms with E-state index in [9.17, 15) is 9.59 Å². The number of Topliss-reactive ketones (excluding diaryl/α,β-unsaturated/α-hetero) is 1. The minimum atomic E-state index is -0.227. The smallest absolute Gasteiger partial charge is 0.225 e. The van der Waals surface area contributed by atoms with E-state index in [0.29, 0.717) is 18.6 Å². The second-order valence-corrected chi connectivity index (χ2v) is 8.57. The van der Waals surface area contributed by atoms with Crippen LogP contribution in [0.3, 0.4) is 0 Å². The average molecular weight is 458 g/mol. The maximum Gasteiger partial charge on any atom is 0.225 e. The van der Waals surface area contributed by atoms with Gasteiger partial charge in [0.2, 0.25) is 5.91 Å². The lowest BCUT2D eigenvalue weighted by Crippen LogP contribution is -2.30. The van der Waals surface area contributed by atoms with Crippen LogP contribution in [0.2, 0.25) is 0 Å². The largest absolute Gasteiger partial charge is 0.361 e. The molecule has 0 aliphatic carbocycles. The van der Waals surface area contributed by atoms with Gasteiger partial charge in [0.05, 0.1) is 24.4 Å². The van der Waals surface area contributed by atoms with Crippen molar-refractivity contribution in [3.63, 3.8) is 0 Å². The third kappa shape index (κ3) is 5.98. The first-order chi connectivity index (χ1) is 16.6. The molecule has 3 aromatic heterocycles. The molecule has 0 unspecified atom stereocenters. The molecule has 4 rings (SSSR count). The van der Waals surface area contributed by atoms with E-state index < -0.39 is 0 Å². The number of amides is 1. The average Bonchev–Trinajstić information content (AvgIpc) is 3.51. The fourth-order valence-electron chi connectivity index (χ4n) is 4.16. The molecule has 7 nitrogen and oxygen atoms in total. The summed E-state index contributed by atoms with van der Waals surface area (Å²) in [7, 11) is 0. The Hall–Kier alpha value is -3.74. The van der Waals surface area contributed by atoms with E-state index in [1.165, 1.54) is 0 Å². The summed E-state index contributed by atoms with van der Waals surface area (Å²) in [6.45, 7) is 1.90. The molecule has 34 heavy (non-hydrogen) atoms. The third-order valence-electron chi connectivity index (χ3n) is 6.11. The van der Waals surface area contributed by atoms with E-state index in [4.69, 9.17) is 0 Å². The van der Waals surface area contributed by atoms with Crippen LogP contribution >= 0.6 is 0 Å². The highest BCUT2D eigenvalue weighted by Gasteiger charge is 2.19. The zero-order chi connectivity index (χ0) is 23.8. The summed E-state index contributed by atoms with van der Waals surface area (Å²) in [6, 6.07) is 11.7. The van der Waals surface area contributed by atoms with E-state index in [0.717, 1.165) is 59.2 Å². The van der Waals surface area contributed by atoms with Crippen LogP contribution in [-0.2, 0) is 16.0 Å². The number of carbonyl (C=O) groups is 2. The van der Waals surface area contributed by atoms with Crippen molar-refractivity contribution in [2.24, 2.45) is 0 Å². The highest BCUT2D eigenvalue weighted by molar-refractivity contribution is 5.88. The molecule has 0 bridgehead atoms. The van der Waals surface area contributed by atoms with Gasteiger partial charge in [-0.25, -0.2) is 4.98 Å². The van der Waals surface area contributed by atoms with Crippen molar-refractivity contribution >= 4 is 22.6 Å². The number of rotatable bonds is 12. The highest BCUT2D eigenvalue weighted by Crippen LogP contribution is 2.23. The van der Waals surface area contributed by atoms with Crippen molar-refractivity contribution in [1.82, 2.24) is 25.3 Å². The van der Waals surface area contributed by atoms with Gasteiger partial charge in [-0.2, -0.15) is 0 Å². The predicted molar refractivity (Wildman–Crippen MR) is 133 cm³/mol. The van der Waals surface area contributed by atoms with Crippen LogP contribution in [0.15, 0.2) is 61.2 Å². The van der Waals surface area contributed by atoms with Gasteiger partial charge in [0, 0.05) is 42.3 Å². The Morgan fingerprint density at radius 1 is 1.06 bits per heavy atom. The van der Waals surface area contributed by atoms with Crippen LogP contribution in [0.5, 0.6) is 0 Å². The highest BCUT2D eigenvalue weighted by atomic mass is 16.1. The van der Waals surface area contributed by atoms with E-state index in [-0.39, 0.29) is 18.4 Å². The fraction of sp³-hybridized carbons (Fsp3) is 0.333. The van der Waals surface area contributed by atoms with Crippen LogP contribution in [0.25, 0.3) is 22.2 Å². The van der Waals surface area contributed by atoms with E-state index in [1.54, 1.807) is 12.4 Å². The molecule has 0 aliphatic rings. The Kier molecular flexibility index (Phi) is 7.86. The van der Waals surface area contributed by atoms with Crippen LogP contribution in [0, 0.1) is 0 Å². The van der Waals surface area contributed by atoms with Crippen LogP contribution in [0.1, 0.15) is 62.9 Å². The molecule has 0 spiro atoms. The van der Waals surface area contributed by atoms with E-state index >= 15 is 0 Å². The predicted octanol–water partition coefficient (Wildman–Crippen LogP) is 5.28. The number of aromatic nitrogens is 4. The number of fused-ring (bicyclic) bond motifs is 1. The molecule has 1 atom stereocenters. The Balaban J connectivity index is 1.44. The first-order valence-corrected chi connectivity index (χ1v) is 12.0. The molecule has 0 radical (unpaired) electrons. The molecular formula is C27H31N5O2. The van der Waals surface area contributed by atoms with Crippen LogP contribution in [-0.4, -0.2) is 31.6 Å². The summed E-state index contributed by atoms with van der Waals surface area (Å²) >= 11 is 0. The Bertz CT molecular complexity index is 1230. The molecule has 1 aromatic carbocycles. The normalized spacial score (nSPS) is 12.0. The number of nitrogens with zero attached hydrogens (tertiary/aromatic N) is 2. The third-order valence-corrected chi connectivity index (χ3v) is 6.11. The number of pyridine rings is 1. The molecule has 4 aromatic rings. The number of H-pyrrole nitrogens is 2. The van der Waals surface area contributed by atoms with Crippen molar-refractivity contribution in [1.29, 1.82) is 0 Å². The fourth-order valence-corrected chi connectivity index (χ4v) is 4.16. The molecule has 3 N–H and O–H groups in total. The lowest BCUT2D eigenvalue weighted by Gasteiger charge is -2.17. The number of imidazole rings is 1. The number of ketones is 1. The molecule has 176 valence electrons. The van der Waals surface area contributed by atoms with Crippen LogP contribution < -0.4 is 5.32 Å². The topological polar surface area (TPSA) is 104 Å². The molecule has 0 saturated carbocycles. The second-order valence-electron chi connectivity index (χ2n) is 8.57. The van der Waals surface area contributed by atoms with Gasteiger partial charge in [0.25, 0.3) is 0 Å². The number of aromatic amines is 2. The number of nitrogens with one attached hydrogen (secondary N) is 3. The van der Waals surface area contributed by atoms with Gasteiger partial charge in [0.1, 0.15) is 11.6 Å². The van der Waals surface area contributed by atoms with Crippen molar-refractivity contribution in [3.05, 3.63) is 72.6 Å². The van der Waals surface area contributed by atoms with Crippen LogP contribution in [0.4, 0.5) is 0 Å². The summed E-state index contributed by atoms with van der Waals surface area (Å²) in [6.07, 6.45) is 12.2. The maximum absolute atomic E-state index is 13.0. The van der Waals surface area contributed by atoms with Gasteiger partial charge in [-0.05, 0) is 30.0 Å². The standard InChI is InChI=1S/C27H31N5O2/c1-2-21(33)11-7-4-8-12-24(27-30-18-25(32-27)19-9-5-3-6-10-19)31-26(34)15-20-16-29-23-13-14-28-17-22(20)23/h3,5-6,9-10,13-14,16-18,24,29H,2,4,7-8,11-12,15H2,1H3,(H,30,32)(H,31,34)/t24-/m0/s1. The Morgan fingerprint density at radius 2 is 1.91 bits per heavy atom. The number of carbonyl (C=O) groups excluding carboxylic acids is 2. The molecular weight excluding hydrogens is 426 g/mol. The van der Waals surface area contributed by atoms with Gasteiger partial charge in [-0.1, -0.05) is 50.1 Å². The number of hydrogen-bond acceptors (Lipinski definition) is 4. The Morgan fingerprint density at radius 3 is 2.74 bits per heavy atom. The van der Waals surface area contributed by atoms with Gasteiger partial charge < -0.3 is 15.3 Å². The minimum Gasteiger partial charge on any atom is -0.361 e. The van der Waals surface area contributed by atoms with Crippen molar-refractivity contribution in [3.8, 4) is 11.3 Å². The molecule has 0 saturated heterocycles. The maximum atomic E-state index is 13.0. The van der Waals surface area contributed by atoms with Gasteiger partial charge in [0.15, 0.2) is 0 Å². The monoisotopic (exact) mass is 457 g/mol. The molecule has 7 heteroatoms. The second kappa shape index (κ2) is 11.4. The summed E-state index contributed by atoms with van der Waals surface area (Å²) < 4.78 is 0. The van der Waals surface area contributed by atoms with Gasteiger partial charge in [-0.3, -0.25) is 14.6 Å². The molecule has 0 aliphatic heterocycles. The summed E-state index contributed by atoms with van der Waals surface area (Å²) in [5, 5.41) is 4.14. The van der Waals surface area contributed by atoms with Crippen molar-refractivity contribution in [2.75, 3.05) is 0 Å². The zero-order valence-corrected chi connectivity index (χ0v) is 19.5. The zero-order valence-electron chi connectivity index (χ0n) is 19.5. The van der Waals surface area contributed by atoms with Crippen molar-refractivity contribution < 1.29 is 9.59 Å². The first-order valence-electron chi connectivity index (χ1n) is 12.0. The van der Waals surface area contributed by atoms with Gasteiger partial charge in [-0.15, -0.1) is 0 Å². The molecule has 3 heterocycles. The number of hydrogen-bond donors (Lipinski definition) is 3. The summed E-state index contributed by atoms with van der Waals surface area (Å²) in [5.74, 6) is 0.989. The number of unbranched alkanes of at least 4 members (excludes halogenated alkanes) is 2. The Labute approximate surface area is 199 Å². The van der Waals surface area contributed by atoms with Gasteiger partial charge >= 0.3 is 0 Å². The first kappa shape index (κ1) is 23.4. The number of benzene rings is 1. The molecule has 1 amide bonds. The van der Waals surface area contributed by atoms with E-state index in [1.807, 2.05) is 55.7 Å². The quantitative estimate of drug-likeness (QED) is 0.252. The summed E-state index contributed by atoms with van der Waals surface area (Å²) in [4.78, 5) is 39.9. The molecule has 0 fully saturated rings. The van der Waals surface area contributed by atoms with Crippen molar-refractivity contribution in [2.45, 2.75) is 57.9 Å². The minimum absolute atomic E-state index is 0.0615. The SMILES string of the molecule is CCC(=O)CCCCC[C@H](NC(=O)Cc1c[nH]c2ccncc12)c1ncc(-c2ccccc2)[nH]1. The summed E-state index contributed by atoms with van der Waals surface area (Å²) in [5.41, 5.74) is 3.86. The lowest BCUT2D eigenvalue weighted by molar-refractivity contribution is -0.121.